The molecule has 10 nitrogen and oxygen atoms in total. The van der Waals surface area contributed by atoms with E-state index >= 15 is 0 Å². The van der Waals surface area contributed by atoms with E-state index in [1.807, 2.05) is 26.0 Å². The zero-order valence-corrected chi connectivity index (χ0v) is 23.8. The molecule has 3 aliphatic rings. The fourth-order valence-electron chi connectivity index (χ4n) is 5.20. The average molecular weight is 549 g/mol. The molecule has 2 amide bonds. The Bertz CT molecular complexity index is 972. The van der Waals surface area contributed by atoms with Crippen molar-refractivity contribution in [3.63, 3.8) is 0 Å². The minimum Gasteiger partial charge on any atom is -0.459 e. The molecule has 3 heterocycles. The van der Waals surface area contributed by atoms with Crippen molar-refractivity contribution in [1.82, 2.24) is 10.6 Å². The number of nitrogens with one attached hydrogen (secondary N) is 2. The Morgan fingerprint density at radius 2 is 1.90 bits per heavy atom. The number of aliphatic hydroxyl groups excluding tert-OH is 1. The van der Waals surface area contributed by atoms with Crippen LogP contribution >= 0.6 is 0 Å². The largest absolute Gasteiger partial charge is 0.459 e. The molecule has 3 fully saturated rings. The lowest BCUT2D eigenvalue weighted by molar-refractivity contribution is -0.145. The third-order valence-corrected chi connectivity index (χ3v) is 7.62. The van der Waals surface area contributed by atoms with E-state index < -0.39 is 29.9 Å². The van der Waals surface area contributed by atoms with Crippen LogP contribution in [-0.4, -0.2) is 84.8 Å². The maximum Gasteiger partial charge on any atom is 0.303 e. The van der Waals surface area contributed by atoms with Gasteiger partial charge in [-0.1, -0.05) is 30.7 Å². The summed E-state index contributed by atoms with van der Waals surface area (Å²) in [5, 5.41) is 16.4. The van der Waals surface area contributed by atoms with Crippen molar-refractivity contribution >= 4 is 17.8 Å². The van der Waals surface area contributed by atoms with Crippen LogP contribution < -0.4 is 10.6 Å². The number of amides is 2. The van der Waals surface area contributed by atoms with E-state index in [4.69, 9.17) is 18.9 Å². The Hall–Kier alpha value is -2.53. The number of aliphatic hydroxyl groups is 1. The van der Waals surface area contributed by atoms with Gasteiger partial charge in [0.2, 0.25) is 11.8 Å². The average Bonchev–Trinajstić information content (AvgIpc) is 3.64. The molecule has 0 saturated carbocycles. The van der Waals surface area contributed by atoms with E-state index in [2.05, 4.69) is 23.6 Å². The van der Waals surface area contributed by atoms with Gasteiger partial charge < -0.3 is 34.7 Å². The Morgan fingerprint density at radius 1 is 1.18 bits per heavy atom. The summed E-state index contributed by atoms with van der Waals surface area (Å²) in [7, 11) is 1.59. The molecule has 3 rings (SSSR count). The number of hydrogen-bond acceptors (Lipinski definition) is 8. The summed E-state index contributed by atoms with van der Waals surface area (Å²) in [6, 6.07) is -0.118. The molecule has 3 saturated heterocycles. The van der Waals surface area contributed by atoms with Crippen molar-refractivity contribution in [1.29, 1.82) is 0 Å². The molecule has 1 spiro atoms. The lowest BCUT2D eigenvalue weighted by Crippen LogP contribution is -2.50. The topological polar surface area (TPSA) is 136 Å². The highest BCUT2D eigenvalue weighted by molar-refractivity contribution is 5.87. The van der Waals surface area contributed by atoms with Gasteiger partial charge in [-0.25, -0.2) is 0 Å². The molecule has 0 aromatic heterocycles. The van der Waals surface area contributed by atoms with E-state index in [9.17, 15) is 19.5 Å². The monoisotopic (exact) mass is 548 g/mol. The standard InChI is InChI=1S/C29H44N2O8/c1-17(8-11-25-28(35)29(16-36-29)15-22(39-25)14-27(34)30-6)7-10-24-18(2)13-23(20(4)38-24)31-26(33)12-9-19(3)37-21(5)32/h7-9,11-12,18-20,22-25,28,35H,10,13-16H2,1-6H3,(H,30,34)(H,31,33). The first kappa shape index (κ1) is 31.0. The number of ether oxygens (including phenoxy) is 4. The maximum absolute atomic E-state index is 12.3. The second kappa shape index (κ2) is 13.7. The van der Waals surface area contributed by atoms with Crippen molar-refractivity contribution in [3.8, 4) is 0 Å². The first-order valence-electron chi connectivity index (χ1n) is 13.8. The van der Waals surface area contributed by atoms with Crippen molar-refractivity contribution in [2.45, 2.75) is 109 Å². The van der Waals surface area contributed by atoms with Gasteiger partial charge in [-0.05, 0) is 45.6 Å². The second-order valence-electron chi connectivity index (χ2n) is 11.0. The molecule has 9 unspecified atom stereocenters. The second-order valence-corrected chi connectivity index (χ2v) is 11.0. The Morgan fingerprint density at radius 3 is 2.54 bits per heavy atom. The van der Waals surface area contributed by atoms with Crippen molar-refractivity contribution < 1.29 is 38.4 Å². The smallest absolute Gasteiger partial charge is 0.303 e. The quantitative estimate of drug-likeness (QED) is 0.164. The summed E-state index contributed by atoms with van der Waals surface area (Å²) < 4.78 is 22.9. The third kappa shape index (κ3) is 8.99. The van der Waals surface area contributed by atoms with Gasteiger partial charge in [0.1, 0.15) is 23.9 Å². The molecule has 0 aliphatic carbocycles. The molecular weight excluding hydrogens is 504 g/mol. The molecule has 10 heteroatoms. The summed E-state index contributed by atoms with van der Waals surface area (Å²) in [5.41, 5.74) is 0.392. The molecular formula is C29H44N2O8. The summed E-state index contributed by atoms with van der Waals surface area (Å²) in [6.45, 7) is 9.55. The van der Waals surface area contributed by atoms with Gasteiger partial charge in [-0.2, -0.15) is 0 Å². The molecule has 218 valence electrons. The predicted molar refractivity (Wildman–Crippen MR) is 145 cm³/mol. The SMILES string of the molecule is CNC(=O)CC1CC2(CO2)C(O)C(C=CC(C)=CCC2OC(C)C(NC(=O)C=CC(C)OC(C)=O)CC2C)O1. The van der Waals surface area contributed by atoms with Crippen LogP contribution in [0.4, 0.5) is 0 Å². The van der Waals surface area contributed by atoms with E-state index in [0.29, 0.717) is 19.4 Å². The van der Waals surface area contributed by atoms with Crippen LogP contribution in [0, 0.1) is 5.92 Å². The van der Waals surface area contributed by atoms with Crippen LogP contribution in [0.2, 0.25) is 0 Å². The predicted octanol–water partition coefficient (Wildman–Crippen LogP) is 2.11. The number of allylic oxidation sites excluding steroid dienone is 2. The minimum absolute atomic E-state index is 0.00706. The van der Waals surface area contributed by atoms with Gasteiger partial charge in [0.25, 0.3) is 0 Å². The van der Waals surface area contributed by atoms with Gasteiger partial charge >= 0.3 is 5.97 Å². The van der Waals surface area contributed by atoms with E-state index in [0.717, 1.165) is 12.0 Å². The van der Waals surface area contributed by atoms with Gasteiger partial charge in [0.15, 0.2) is 0 Å². The molecule has 3 aliphatic heterocycles. The summed E-state index contributed by atoms with van der Waals surface area (Å²) in [5.74, 6) is -0.517. The van der Waals surface area contributed by atoms with Crippen LogP contribution in [-0.2, 0) is 33.3 Å². The molecule has 0 bridgehead atoms. The normalized spacial score (nSPS) is 35.7. The van der Waals surface area contributed by atoms with E-state index in [-0.39, 0.29) is 48.5 Å². The van der Waals surface area contributed by atoms with Crippen LogP contribution in [0.25, 0.3) is 0 Å². The van der Waals surface area contributed by atoms with Gasteiger partial charge in [0, 0.05) is 26.5 Å². The van der Waals surface area contributed by atoms with Gasteiger partial charge in [-0.15, -0.1) is 0 Å². The zero-order chi connectivity index (χ0) is 28.7. The van der Waals surface area contributed by atoms with Crippen LogP contribution in [0.1, 0.15) is 60.3 Å². The molecule has 9 atom stereocenters. The van der Waals surface area contributed by atoms with Crippen molar-refractivity contribution in [3.05, 3.63) is 36.0 Å². The first-order valence-corrected chi connectivity index (χ1v) is 13.8. The lowest BCUT2D eigenvalue weighted by Gasteiger charge is -2.39. The highest BCUT2D eigenvalue weighted by Gasteiger charge is 2.58. The summed E-state index contributed by atoms with van der Waals surface area (Å²) in [6.07, 6.45) is 8.76. The molecule has 0 aromatic carbocycles. The highest BCUT2D eigenvalue weighted by Crippen LogP contribution is 2.43. The minimum atomic E-state index is -0.781. The highest BCUT2D eigenvalue weighted by atomic mass is 16.6. The fourth-order valence-corrected chi connectivity index (χ4v) is 5.20. The Balaban J connectivity index is 1.50. The number of esters is 1. The first-order chi connectivity index (χ1) is 18.4. The number of rotatable bonds is 10. The Kier molecular flexibility index (Phi) is 10.9. The summed E-state index contributed by atoms with van der Waals surface area (Å²) in [4.78, 5) is 35.2. The summed E-state index contributed by atoms with van der Waals surface area (Å²) >= 11 is 0. The fraction of sp³-hybridized carbons (Fsp3) is 0.690. The number of carbonyl (C=O) groups is 3. The number of carbonyl (C=O) groups excluding carboxylic acids is 3. The van der Waals surface area contributed by atoms with Crippen LogP contribution in [0.5, 0.6) is 0 Å². The van der Waals surface area contributed by atoms with Crippen molar-refractivity contribution in [2.75, 3.05) is 13.7 Å². The van der Waals surface area contributed by atoms with E-state index in [1.54, 1.807) is 20.0 Å². The molecule has 0 radical (unpaired) electrons. The van der Waals surface area contributed by atoms with Crippen molar-refractivity contribution in [2.24, 2.45) is 5.92 Å². The third-order valence-electron chi connectivity index (χ3n) is 7.62. The zero-order valence-electron chi connectivity index (χ0n) is 23.8. The lowest BCUT2D eigenvalue weighted by atomic mass is 9.87. The molecule has 39 heavy (non-hydrogen) atoms. The van der Waals surface area contributed by atoms with Crippen LogP contribution in [0.15, 0.2) is 36.0 Å². The number of hydrogen-bond donors (Lipinski definition) is 3. The van der Waals surface area contributed by atoms with E-state index in [1.165, 1.54) is 13.0 Å². The van der Waals surface area contributed by atoms with Gasteiger partial charge in [-0.3, -0.25) is 14.4 Å². The van der Waals surface area contributed by atoms with Gasteiger partial charge in [0.05, 0.1) is 37.4 Å². The maximum atomic E-state index is 12.3. The number of epoxide rings is 1. The van der Waals surface area contributed by atoms with Crippen LogP contribution in [0.3, 0.4) is 0 Å². The molecule has 3 N–H and O–H groups in total. The molecule has 0 aromatic rings. The Labute approximate surface area is 231 Å².